The molecule has 128 valence electrons. The van der Waals surface area contributed by atoms with Crippen molar-refractivity contribution in [3.05, 3.63) is 41.0 Å². The molecule has 2 heterocycles. The summed E-state index contributed by atoms with van der Waals surface area (Å²) < 4.78 is 0. The molecule has 0 bridgehead atoms. The summed E-state index contributed by atoms with van der Waals surface area (Å²) in [7, 11) is 0. The molecule has 2 aromatic rings. The van der Waals surface area contributed by atoms with Gasteiger partial charge in [0, 0.05) is 30.0 Å². The number of benzene rings is 1. The Kier molecular flexibility index (Phi) is 6.20. The number of halogens is 1. The Morgan fingerprint density at radius 3 is 2.58 bits per heavy atom. The average molecular weight is 349 g/mol. The lowest BCUT2D eigenvalue weighted by atomic mass is 10.2. The standard InChI is InChI=1S/C8H9ClN2O.C8H12N4/c1-5-2-3-6(4-7(5)9)11-8(10)12;9-8-10-4-3-7(11-8)12-5-1-2-6-12/h2-4H,1H3,(H3,10,11,12);3-4H,1-2,5-6H2,(H2,9,10,11). The van der Waals surface area contributed by atoms with Crippen LogP contribution in [0.2, 0.25) is 5.02 Å². The highest BCUT2D eigenvalue weighted by Gasteiger charge is 2.13. The molecule has 1 aromatic heterocycles. The summed E-state index contributed by atoms with van der Waals surface area (Å²) in [6.07, 6.45) is 4.21. The molecule has 3 rings (SSSR count). The average Bonchev–Trinajstić information content (AvgIpc) is 3.06. The number of hydrogen-bond acceptors (Lipinski definition) is 5. The molecule has 0 unspecified atom stereocenters. The Morgan fingerprint density at radius 2 is 2.00 bits per heavy atom. The van der Waals surface area contributed by atoms with Crippen molar-refractivity contribution in [1.29, 1.82) is 0 Å². The second kappa shape index (κ2) is 8.35. The van der Waals surface area contributed by atoms with E-state index in [4.69, 9.17) is 23.1 Å². The van der Waals surface area contributed by atoms with Gasteiger partial charge < -0.3 is 21.7 Å². The van der Waals surface area contributed by atoms with Crippen molar-refractivity contribution >= 4 is 35.1 Å². The van der Waals surface area contributed by atoms with Crippen molar-refractivity contribution < 1.29 is 4.79 Å². The summed E-state index contributed by atoms with van der Waals surface area (Å²) in [6.45, 7) is 4.07. The summed E-state index contributed by atoms with van der Waals surface area (Å²) in [5.41, 5.74) is 12.0. The molecule has 1 aliphatic rings. The monoisotopic (exact) mass is 348 g/mol. The van der Waals surface area contributed by atoms with Crippen LogP contribution in [0.15, 0.2) is 30.5 Å². The second-order valence-corrected chi connectivity index (χ2v) is 5.83. The SMILES string of the molecule is Cc1ccc(NC(N)=O)cc1Cl.Nc1nccc(N2CCCC2)n1. The summed E-state index contributed by atoms with van der Waals surface area (Å²) in [4.78, 5) is 20.7. The zero-order chi connectivity index (χ0) is 17.5. The molecule has 1 aliphatic heterocycles. The predicted octanol–water partition coefficient (Wildman–Crippen LogP) is 2.80. The Labute approximate surface area is 146 Å². The maximum atomic E-state index is 10.4. The van der Waals surface area contributed by atoms with E-state index in [1.54, 1.807) is 18.3 Å². The Morgan fingerprint density at radius 1 is 1.29 bits per heavy atom. The molecular formula is C16H21ClN6O. The molecule has 0 atom stereocenters. The van der Waals surface area contributed by atoms with Crippen LogP contribution < -0.4 is 21.7 Å². The van der Waals surface area contributed by atoms with Crippen LogP contribution in [0.3, 0.4) is 0 Å². The van der Waals surface area contributed by atoms with E-state index in [1.165, 1.54) is 12.8 Å². The van der Waals surface area contributed by atoms with Gasteiger partial charge in [-0.05, 0) is 43.5 Å². The zero-order valence-corrected chi connectivity index (χ0v) is 14.3. The van der Waals surface area contributed by atoms with Gasteiger partial charge in [-0.25, -0.2) is 9.78 Å². The molecule has 1 aromatic carbocycles. The van der Waals surface area contributed by atoms with Crippen molar-refractivity contribution in [3.63, 3.8) is 0 Å². The quantitative estimate of drug-likeness (QED) is 0.772. The minimum Gasteiger partial charge on any atom is -0.368 e. The van der Waals surface area contributed by atoms with Gasteiger partial charge in [-0.3, -0.25) is 0 Å². The van der Waals surface area contributed by atoms with Crippen LogP contribution in [0.1, 0.15) is 18.4 Å². The van der Waals surface area contributed by atoms with Gasteiger partial charge in [0.05, 0.1) is 0 Å². The number of anilines is 3. The largest absolute Gasteiger partial charge is 0.368 e. The Balaban J connectivity index is 0.000000174. The first-order valence-corrected chi connectivity index (χ1v) is 7.99. The maximum absolute atomic E-state index is 10.4. The van der Waals surface area contributed by atoms with E-state index in [0.29, 0.717) is 16.7 Å². The van der Waals surface area contributed by atoms with Crippen LogP contribution in [0.5, 0.6) is 0 Å². The maximum Gasteiger partial charge on any atom is 0.316 e. The number of rotatable bonds is 2. The molecule has 5 N–H and O–H groups in total. The van der Waals surface area contributed by atoms with Crippen LogP contribution in [-0.4, -0.2) is 29.1 Å². The van der Waals surface area contributed by atoms with Crippen LogP contribution in [-0.2, 0) is 0 Å². The number of carbonyl (C=O) groups is 1. The van der Waals surface area contributed by atoms with Gasteiger partial charge >= 0.3 is 6.03 Å². The van der Waals surface area contributed by atoms with Crippen molar-refractivity contribution in [1.82, 2.24) is 9.97 Å². The normalized spacial score (nSPS) is 13.2. The van der Waals surface area contributed by atoms with Crippen LogP contribution in [0.25, 0.3) is 0 Å². The second-order valence-electron chi connectivity index (χ2n) is 5.42. The number of hydrogen-bond donors (Lipinski definition) is 3. The number of nitrogen functional groups attached to an aromatic ring is 1. The van der Waals surface area contributed by atoms with Gasteiger partial charge in [0.2, 0.25) is 5.95 Å². The fourth-order valence-electron chi connectivity index (χ4n) is 2.30. The molecule has 0 aliphatic carbocycles. The summed E-state index contributed by atoms with van der Waals surface area (Å²) >= 11 is 5.81. The number of primary amides is 1. The first-order chi connectivity index (χ1) is 11.5. The molecule has 7 nitrogen and oxygen atoms in total. The van der Waals surface area contributed by atoms with E-state index in [9.17, 15) is 4.79 Å². The molecular weight excluding hydrogens is 328 g/mol. The van der Waals surface area contributed by atoms with Gasteiger partial charge in [-0.15, -0.1) is 0 Å². The van der Waals surface area contributed by atoms with Gasteiger partial charge in [0.1, 0.15) is 5.82 Å². The van der Waals surface area contributed by atoms with Crippen LogP contribution >= 0.6 is 11.6 Å². The van der Waals surface area contributed by atoms with Gasteiger partial charge in [0.25, 0.3) is 0 Å². The number of amides is 2. The first-order valence-electron chi connectivity index (χ1n) is 7.62. The van der Waals surface area contributed by atoms with E-state index in [-0.39, 0.29) is 0 Å². The van der Waals surface area contributed by atoms with Crippen molar-refractivity contribution in [2.24, 2.45) is 5.73 Å². The smallest absolute Gasteiger partial charge is 0.316 e. The summed E-state index contributed by atoms with van der Waals surface area (Å²) in [6, 6.07) is 6.53. The lowest BCUT2D eigenvalue weighted by Crippen LogP contribution is -2.19. The van der Waals surface area contributed by atoms with Crippen molar-refractivity contribution in [2.45, 2.75) is 19.8 Å². The van der Waals surface area contributed by atoms with Crippen LogP contribution in [0.4, 0.5) is 22.2 Å². The highest BCUT2D eigenvalue weighted by Crippen LogP contribution is 2.19. The predicted molar refractivity (Wildman–Crippen MR) is 97.3 cm³/mol. The van der Waals surface area contributed by atoms with Gasteiger partial charge in [-0.2, -0.15) is 4.98 Å². The fourth-order valence-corrected chi connectivity index (χ4v) is 2.48. The molecule has 0 saturated carbocycles. The molecule has 8 heteroatoms. The number of aryl methyl sites for hydroxylation is 1. The number of carbonyl (C=O) groups excluding carboxylic acids is 1. The number of nitrogens with one attached hydrogen (secondary N) is 1. The molecule has 2 amide bonds. The lowest BCUT2D eigenvalue weighted by molar-refractivity contribution is 0.259. The summed E-state index contributed by atoms with van der Waals surface area (Å²) in [5, 5.41) is 3.04. The third-order valence-electron chi connectivity index (χ3n) is 3.53. The molecule has 1 saturated heterocycles. The molecule has 24 heavy (non-hydrogen) atoms. The van der Waals surface area contributed by atoms with E-state index in [0.717, 1.165) is 24.5 Å². The first kappa shape index (κ1) is 17.8. The molecule has 1 fully saturated rings. The minimum atomic E-state index is -0.588. The highest BCUT2D eigenvalue weighted by molar-refractivity contribution is 6.31. The lowest BCUT2D eigenvalue weighted by Gasteiger charge is -2.15. The van der Waals surface area contributed by atoms with Crippen molar-refractivity contribution in [2.75, 3.05) is 29.0 Å². The van der Waals surface area contributed by atoms with Gasteiger partial charge in [0.15, 0.2) is 0 Å². The number of nitrogens with two attached hydrogens (primary N) is 2. The fraction of sp³-hybridized carbons (Fsp3) is 0.312. The number of aromatic nitrogens is 2. The van der Waals surface area contributed by atoms with E-state index in [1.807, 2.05) is 19.1 Å². The van der Waals surface area contributed by atoms with E-state index < -0.39 is 6.03 Å². The minimum absolute atomic E-state index is 0.361. The third-order valence-corrected chi connectivity index (χ3v) is 3.94. The zero-order valence-electron chi connectivity index (χ0n) is 13.5. The Hall–Kier alpha value is -2.54. The van der Waals surface area contributed by atoms with Crippen molar-refractivity contribution in [3.8, 4) is 0 Å². The molecule has 0 spiro atoms. The Bertz CT molecular complexity index is 703. The molecule has 0 radical (unpaired) electrons. The summed E-state index contributed by atoms with van der Waals surface area (Å²) in [5.74, 6) is 1.32. The topological polar surface area (TPSA) is 110 Å². The van der Waals surface area contributed by atoms with E-state index in [2.05, 4.69) is 20.2 Å². The number of urea groups is 1. The third kappa shape index (κ3) is 5.27. The van der Waals surface area contributed by atoms with Gasteiger partial charge in [-0.1, -0.05) is 17.7 Å². The highest BCUT2D eigenvalue weighted by atomic mass is 35.5. The van der Waals surface area contributed by atoms with E-state index >= 15 is 0 Å². The number of nitrogens with zero attached hydrogens (tertiary/aromatic N) is 3. The van der Waals surface area contributed by atoms with Crippen LogP contribution in [0, 0.1) is 6.92 Å².